The van der Waals surface area contributed by atoms with Crippen LogP contribution in [0.5, 0.6) is 5.75 Å². The van der Waals surface area contributed by atoms with Crippen molar-refractivity contribution in [1.82, 2.24) is 0 Å². The lowest BCUT2D eigenvalue weighted by atomic mass is 10.0. The van der Waals surface area contributed by atoms with Gasteiger partial charge in [0.15, 0.2) is 0 Å². The number of anilines is 1. The fourth-order valence-corrected chi connectivity index (χ4v) is 2.93. The van der Waals surface area contributed by atoms with E-state index in [1.807, 2.05) is 49.4 Å². The first-order valence-corrected chi connectivity index (χ1v) is 8.84. The Morgan fingerprint density at radius 3 is 2.63 bits per heavy atom. The number of amides is 1. The van der Waals surface area contributed by atoms with Gasteiger partial charge in [-0.25, -0.2) is 0 Å². The number of hydrogen-bond donors (Lipinski definition) is 1. The van der Waals surface area contributed by atoms with Crippen molar-refractivity contribution < 1.29 is 9.53 Å². The van der Waals surface area contributed by atoms with Crippen LogP contribution in [0.2, 0.25) is 5.02 Å². The van der Waals surface area contributed by atoms with E-state index in [-0.39, 0.29) is 5.57 Å². The quantitative estimate of drug-likeness (QED) is 0.476. The van der Waals surface area contributed by atoms with Crippen molar-refractivity contribution in [3.05, 3.63) is 76.8 Å². The number of halogens is 1. The van der Waals surface area contributed by atoms with Gasteiger partial charge in [0.2, 0.25) is 0 Å². The van der Waals surface area contributed by atoms with Crippen molar-refractivity contribution in [2.24, 2.45) is 0 Å². The molecule has 5 heteroatoms. The van der Waals surface area contributed by atoms with Gasteiger partial charge in [-0.3, -0.25) is 4.79 Å². The fourth-order valence-electron chi connectivity index (χ4n) is 2.75. The van der Waals surface area contributed by atoms with Crippen LogP contribution in [0.15, 0.2) is 66.2 Å². The molecule has 1 N–H and O–H groups in total. The molecule has 0 aliphatic heterocycles. The minimum Gasteiger partial charge on any atom is -0.493 e. The van der Waals surface area contributed by atoms with E-state index in [0.717, 1.165) is 10.8 Å². The van der Waals surface area contributed by atoms with Crippen LogP contribution < -0.4 is 10.1 Å². The Kier molecular flexibility index (Phi) is 5.75. The van der Waals surface area contributed by atoms with Crippen molar-refractivity contribution in [3.63, 3.8) is 0 Å². The molecular formula is C22H17ClN2O2. The standard InChI is InChI=1S/C22H17ClN2O2/c1-2-27-21-12-11-15-7-3-4-8-17(15)18(21)13-16(14-24)22(26)25-20-10-6-5-9-19(20)23/h3-13H,2H2,1H3,(H,25,26)/b16-13+. The summed E-state index contributed by atoms with van der Waals surface area (Å²) in [6.45, 7) is 2.37. The second kappa shape index (κ2) is 8.39. The molecule has 1 amide bonds. The molecule has 0 saturated heterocycles. The van der Waals surface area contributed by atoms with Crippen molar-refractivity contribution >= 4 is 40.0 Å². The number of carbonyl (C=O) groups excluding carboxylic acids is 1. The first kappa shape index (κ1) is 18.5. The van der Waals surface area contributed by atoms with Gasteiger partial charge in [-0.1, -0.05) is 54.1 Å². The van der Waals surface area contributed by atoms with Gasteiger partial charge in [-0.15, -0.1) is 0 Å². The highest BCUT2D eigenvalue weighted by Gasteiger charge is 2.14. The largest absolute Gasteiger partial charge is 0.493 e. The Hall–Kier alpha value is -3.29. The number of nitrogens with one attached hydrogen (secondary N) is 1. The van der Waals surface area contributed by atoms with Crippen molar-refractivity contribution in [2.45, 2.75) is 6.92 Å². The van der Waals surface area contributed by atoms with Crippen molar-refractivity contribution in [1.29, 1.82) is 5.26 Å². The molecule has 0 aliphatic rings. The third-order valence-corrected chi connectivity index (χ3v) is 4.34. The summed E-state index contributed by atoms with van der Waals surface area (Å²) in [5.41, 5.74) is 1.11. The summed E-state index contributed by atoms with van der Waals surface area (Å²) in [7, 11) is 0. The smallest absolute Gasteiger partial charge is 0.266 e. The van der Waals surface area contributed by atoms with E-state index in [1.165, 1.54) is 0 Å². The monoisotopic (exact) mass is 376 g/mol. The molecule has 3 aromatic rings. The van der Waals surface area contributed by atoms with Crippen LogP contribution in [0, 0.1) is 11.3 Å². The van der Waals surface area contributed by atoms with Gasteiger partial charge in [0.1, 0.15) is 17.4 Å². The molecule has 3 rings (SSSR count). The number of nitriles is 1. The van der Waals surface area contributed by atoms with Gasteiger partial charge < -0.3 is 10.1 Å². The number of hydrogen-bond acceptors (Lipinski definition) is 3. The van der Waals surface area contributed by atoms with Gasteiger partial charge >= 0.3 is 0 Å². The molecule has 3 aromatic carbocycles. The zero-order valence-corrected chi connectivity index (χ0v) is 15.5. The molecule has 0 aromatic heterocycles. The SMILES string of the molecule is CCOc1ccc2ccccc2c1/C=C(\C#N)C(=O)Nc1ccccc1Cl. The number of para-hydroxylation sites is 1. The third-order valence-electron chi connectivity index (χ3n) is 4.01. The molecule has 0 radical (unpaired) electrons. The number of carbonyl (C=O) groups is 1. The summed E-state index contributed by atoms with van der Waals surface area (Å²) in [5, 5.41) is 14.5. The van der Waals surface area contributed by atoms with Gasteiger partial charge in [-0.05, 0) is 42.0 Å². The van der Waals surface area contributed by atoms with Gasteiger partial charge in [-0.2, -0.15) is 5.26 Å². The maximum absolute atomic E-state index is 12.6. The summed E-state index contributed by atoms with van der Waals surface area (Å²) in [6.07, 6.45) is 1.56. The van der Waals surface area contributed by atoms with E-state index in [0.29, 0.717) is 28.6 Å². The number of nitrogens with zero attached hydrogens (tertiary/aromatic N) is 1. The van der Waals surface area contributed by atoms with Crippen LogP contribution in [-0.4, -0.2) is 12.5 Å². The zero-order chi connectivity index (χ0) is 19.2. The Labute approximate surface area is 162 Å². The van der Waals surface area contributed by atoms with Gasteiger partial charge in [0.25, 0.3) is 5.91 Å². The maximum atomic E-state index is 12.6. The molecule has 0 heterocycles. The van der Waals surface area contributed by atoms with E-state index in [1.54, 1.807) is 30.3 Å². The summed E-state index contributed by atoms with van der Waals surface area (Å²) in [4.78, 5) is 12.6. The highest BCUT2D eigenvalue weighted by Crippen LogP contribution is 2.30. The summed E-state index contributed by atoms with van der Waals surface area (Å²) >= 11 is 6.08. The molecule has 27 heavy (non-hydrogen) atoms. The van der Waals surface area contributed by atoms with Crippen LogP contribution >= 0.6 is 11.6 Å². The van der Waals surface area contributed by atoms with E-state index in [4.69, 9.17) is 16.3 Å². The molecule has 0 saturated carbocycles. The fraction of sp³-hybridized carbons (Fsp3) is 0.0909. The molecule has 0 aliphatic carbocycles. The van der Waals surface area contributed by atoms with Gasteiger partial charge in [0.05, 0.1) is 17.3 Å². The molecule has 0 bridgehead atoms. The highest BCUT2D eigenvalue weighted by molar-refractivity contribution is 6.34. The van der Waals surface area contributed by atoms with Crippen LogP contribution in [-0.2, 0) is 4.79 Å². The lowest BCUT2D eigenvalue weighted by molar-refractivity contribution is -0.112. The minimum atomic E-state index is -0.527. The molecule has 0 unspecified atom stereocenters. The maximum Gasteiger partial charge on any atom is 0.266 e. The molecule has 0 spiro atoms. The average molecular weight is 377 g/mol. The summed E-state index contributed by atoms with van der Waals surface area (Å²) in [5.74, 6) is 0.0930. The van der Waals surface area contributed by atoms with Crippen LogP contribution in [0.1, 0.15) is 12.5 Å². The number of fused-ring (bicyclic) bond motifs is 1. The molecular weight excluding hydrogens is 360 g/mol. The van der Waals surface area contributed by atoms with Crippen molar-refractivity contribution in [2.75, 3.05) is 11.9 Å². The third kappa shape index (κ3) is 4.11. The van der Waals surface area contributed by atoms with Gasteiger partial charge in [0, 0.05) is 5.56 Å². The van der Waals surface area contributed by atoms with E-state index in [9.17, 15) is 10.1 Å². The van der Waals surface area contributed by atoms with Crippen LogP contribution in [0.4, 0.5) is 5.69 Å². The topological polar surface area (TPSA) is 62.1 Å². The molecule has 134 valence electrons. The first-order valence-electron chi connectivity index (χ1n) is 8.46. The van der Waals surface area contributed by atoms with E-state index in [2.05, 4.69) is 5.32 Å². The lowest BCUT2D eigenvalue weighted by Gasteiger charge is -2.11. The molecule has 4 nitrogen and oxygen atoms in total. The minimum absolute atomic E-state index is 0.0350. The van der Waals surface area contributed by atoms with Crippen LogP contribution in [0.25, 0.3) is 16.8 Å². The summed E-state index contributed by atoms with van der Waals surface area (Å²) < 4.78 is 5.70. The predicted molar refractivity (Wildman–Crippen MR) is 109 cm³/mol. The highest BCUT2D eigenvalue weighted by atomic mass is 35.5. The number of ether oxygens (including phenoxy) is 1. The second-order valence-electron chi connectivity index (χ2n) is 5.74. The number of benzene rings is 3. The lowest BCUT2D eigenvalue weighted by Crippen LogP contribution is -2.13. The first-order chi connectivity index (χ1) is 13.1. The van der Waals surface area contributed by atoms with Crippen LogP contribution in [0.3, 0.4) is 0 Å². The van der Waals surface area contributed by atoms with E-state index >= 15 is 0 Å². The molecule has 0 fully saturated rings. The molecule has 0 atom stereocenters. The average Bonchev–Trinajstić information content (AvgIpc) is 2.69. The normalized spacial score (nSPS) is 11.1. The van der Waals surface area contributed by atoms with Crippen molar-refractivity contribution in [3.8, 4) is 11.8 Å². The Morgan fingerprint density at radius 2 is 1.89 bits per heavy atom. The zero-order valence-electron chi connectivity index (χ0n) is 14.7. The van der Waals surface area contributed by atoms with E-state index < -0.39 is 5.91 Å². The number of rotatable bonds is 5. The summed E-state index contributed by atoms with van der Waals surface area (Å²) in [6, 6.07) is 20.4. The Morgan fingerprint density at radius 1 is 1.15 bits per heavy atom. The second-order valence-corrected chi connectivity index (χ2v) is 6.14. The Bertz CT molecular complexity index is 1070. The predicted octanol–water partition coefficient (Wildman–Crippen LogP) is 5.44. The Balaban J connectivity index is 2.05.